The maximum atomic E-state index is 9.68. The molecule has 0 aromatic carbocycles. The SMILES string of the molecule is O=[PH+]OC(Cl)(Cl)O[PH+]=O. The summed E-state index contributed by atoms with van der Waals surface area (Å²) in [5.41, 5.74) is 0. The van der Waals surface area contributed by atoms with Gasteiger partial charge in [0, 0.05) is 0 Å². The van der Waals surface area contributed by atoms with Gasteiger partial charge in [0.15, 0.2) is 0 Å². The first-order valence-electron chi connectivity index (χ1n) is 1.60. The van der Waals surface area contributed by atoms with E-state index in [1.807, 2.05) is 0 Å². The zero-order valence-electron chi connectivity index (χ0n) is 3.89. The Morgan fingerprint density at radius 2 is 1.44 bits per heavy atom. The van der Waals surface area contributed by atoms with Crippen molar-refractivity contribution >= 4 is 40.6 Å². The first kappa shape index (κ1) is 9.70. The van der Waals surface area contributed by atoms with Crippen molar-refractivity contribution in [1.82, 2.24) is 0 Å². The molecule has 52 valence electrons. The van der Waals surface area contributed by atoms with Gasteiger partial charge in [-0.05, 0) is 32.3 Å². The first-order chi connectivity index (χ1) is 4.12. The molecule has 0 saturated carbocycles. The van der Waals surface area contributed by atoms with Gasteiger partial charge < -0.3 is 0 Å². The lowest BCUT2D eigenvalue weighted by Crippen LogP contribution is -2.11. The van der Waals surface area contributed by atoms with Crippen molar-refractivity contribution in [3.05, 3.63) is 0 Å². The van der Waals surface area contributed by atoms with Crippen molar-refractivity contribution in [2.24, 2.45) is 0 Å². The summed E-state index contributed by atoms with van der Waals surface area (Å²) in [6.07, 6.45) is 0. The average Bonchev–Trinajstić information content (AvgIpc) is 1.64. The van der Waals surface area contributed by atoms with Gasteiger partial charge in [-0.2, -0.15) is 0 Å². The quantitative estimate of drug-likeness (QED) is 0.405. The van der Waals surface area contributed by atoms with Gasteiger partial charge in [-0.15, -0.1) is 0 Å². The molecule has 2 atom stereocenters. The summed E-state index contributed by atoms with van der Waals surface area (Å²) in [4.78, 5) is 0. The molecule has 0 aromatic heterocycles. The Bertz CT molecular complexity index is 103. The zero-order valence-corrected chi connectivity index (χ0v) is 7.40. The molecular weight excluding hydrogens is 209 g/mol. The van der Waals surface area contributed by atoms with Crippen LogP contribution in [0.4, 0.5) is 0 Å². The molecule has 9 heavy (non-hydrogen) atoms. The minimum Gasteiger partial charge on any atom is -0.0720 e. The van der Waals surface area contributed by atoms with Crippen LogP contribution in [0.15, 0.2) is 0 Å². The summed E-state index contributed by atoms with van der Waals surface area (Å²) in [6.45, 7) is 0. The lowest BCUT2D eigenvalue weighted by atomic mass is 11.5. The van der Waals surface area contributed by atoms with Crippen molar-refractivity contribution in [1.29, 1.82) is 0 Å². The second kappa shape index (κ2) is 4.51. The van der Waals surface area contributed by atoms with E-state index in [2.05, 4.69) is 9.05 Å². The van der Waals surface area contributed by atoms with Gasteiger partial charge in [-0.3, -0.25) is 0 Å². The third-order valence-corrected chi connectivity index (χ3v) is 1.89. The highest BCUT2D eigenvalue weighted by atomic mass is 35.5. The maximum Gasteiger partial charge on any atom is 0.500 e. The van der Waals surface area contributed by atoms with E-state index in [0.717, 1.165) is 0 Å². The van der Waals surface area contributed by atoms with Crippen molar-refractivity contribution in [3.63, 3.8) is 0 Å². The third kappa shape index (κ3) is 5.16. The van der Waals surface area contributed by atoms with Crippen LogP contribution in [0.25, 0.3) is 0 Å². The van der Waals surface area contributed by atoms with Crippen LogP contribution in [-0.2, 0) is 18.2 Å². The van der Waals surface area contributed by atoms with Crippen LogP contribution in [0.1, 0.15) is 0 Å². The predicted octanol–water partition coefficient (Wildman–Crippen LogP) is 1.99. The Balaban J connectivity index is 3.68. The molecule has 0 bridgehead atoms. The number of halogens is 2. The van der Waals surface area contributed by atoms with Crippen molar-refractivity contribution in [2.75, 3.05) is 0 Å². The Labute approximate surface area is 64.0 Å². The minimum absolute atomic E-state index is 1.15. The number of hydrogen-bond acceptors (Lipinski definition) is 4. The van der Waals surface area contributed by atoms with Crippen LogP contribution in [-0.4, -0.2) is 4.71 Å². The van der Waals surface area contributed by atoms with E-state index in [9.17, 15) is 9.13 Å². The van der Waals surface area contributed by atoms with Gasteiger partial charge >= 0.3 is 22.1 Å². The molecule has 0 radical (unpaired) electrons. The topological polar surface area (TPSA) is 52.6 Å². The molecule has 4 nitrogen and oxygen atoms in total. The van der Waals surface area contributed by atoms with Crippen molar-refractivity contribution < 1.29 is 18.2 Å². The summed E-state index contributed by atoms with van der Waals surface area (Å²) in [5.74, 6) is 0. The van der Waals surface area contributed by atoms with E-state index < -0.39 is 22.1 Å². The Kier molecular flexibility index (Phi) is 4.86. The van der Waals surface area contributed by atoms with Crippen LogP contribution < -0.4 is 0 Å². The van der Waals surface area contributed by atoms with E-state index in [4.69, 9.17) is 23.2 Å². The van der Waals surface area contributed by atoms with Crippen LogP contribution in [0, 0.1) is 0 Å². The largest absolute Gasteiger partial charge is 0.500 e. The normalized spacial score (nSPS) is 12.7. The summed E-state index contributed by atoms with van der Waals surface area (Å²) >= 11 is 10.1. The monoisotopic (exact) mass is 210 g/mol. The molecule has 0 saturated heterocycles. The summed E-state index contributed by atoms with van der Waals surface area (Å²) < 4.78 is 25.4. The number of hydrogen-bond donors (Lipinski definition) is 0. The van der Waals surface area contributed by atoms with E-state index >= 15 is 0 Å². The Morgan fingerprint density at radius 1 is 1.11 bits per heavy atom. The van der Waals surface area contributed by atoms with Gasteiger partial charge in [0.2, 0.25) is 0 Å². The fourth-order valence-corrected chi connectivity index (χ4v) is 0.857. The highest BCUT2D eigenvalue weighted by molar-refractivity contribution is 7.18. The molecule has 0 amide bonds. The van der Waals surface area contributed by atoms with Gasteiger partial charge in [-0.1, -0.05) is 9.05 Å². The van der Waals surface area contributed by atoms with Gasteiger partial charge in [0.1, 0.15) is 0 Å². The molecule has 0 aromatic rings. The summed E-state index contributed by atoms with van der Waals surface area (Å²) in [6, 6.07) is 0. The highest BCUT2D eigenvalue weighted by Crippen LogP contribution is 2.31. The van der Waals surface area contributed by atoms with Gasteiger partial charge in [0.05, 0.1) is 0 Å². The first-order valence-corrected chi connectivity index (χ1v) is 3.99. The molecule has 0 fully saturated rings. The van der Waals surface area contributed by atoms with E-state index in [-0.39, 0.29) is 0 Å². The third-order valence-electron chi connectivity index (χ3n) is 0.321. The van der Waals surface area contributed by atoms with Crippen LogP contribution >= 0.6 is 40.6 Å². The van der Waals surface area contributed by atoms with Crippen molar-refractivity contribution in [3.8, 4) is 0 Å². The van der Waals surface area contributed by atoms with Gasteiger partial charge in [-0.25, -0.2) is 0 Å². The Hall–Kier alpha value is 0.700. The smallest absolute Gasteiger partial charge is 0.0720 e. The van der Waals surface area contributed by atoms with Crippen molar-refractivity contribution in [2.45, 2.75) is 4.71 Å². The molecule has 8 heteroatoms. The fourth-order valence-electron chi connectivity index (χ4n) is 0.118. The second-order valence-electron chi connectivity index (χ2n) is 0.834. The van der Waals surface area contributed by atoms with Crippen LogP contribution in [0.2, 0.25) is 0 Å². The van der Waals surface area contributed by atoms with E-state index in [0.29, 0.717) is 0 Å². The molecule has 0 spiro atoms. The fraction of sp³-hybridized carbons (Fsp3) is 1.00. The highest BCUT2D eigenvalue weighted by Gasteiger charge is 2.36. The van der Waals surface area contributed by atoms with E-state index in [1.165, 1.54) is 0 Å². The zero-order chi connectivity index (χ0) is 7.33. The second-order valence-corrected chi connectivity index (χ2v) is 2.76. The van der Waals surface area contributed by atoms with Crippen LogP contribution in [0.5, 0.6) is 0 Å². The molecule has 0 heterocycles. The van der Waals surface area contributed by atoms with E-state index in [1.54, 1.807) is 0 Å². The lowest BCUT2D eigenvalue weighted by molar-refractivity contribution is 0.0614. The molecule has 0 aliphatic carbocycles. The Morgan fingerprint density at radius 3 is 1.67 bits per heavy atom. The molecule has 2 unspecified atom stereocenters. The lowest BCUT2D eigenvalue weighted by Gasteiger charge is -1.98. The molecule has 0 aliphatic rings. The van der Waals surface area contributed by atoms with Gasteiger partial charge in [0.25, 0.3) is 0 Å². The molecule has 0 rings (SSSR count). The molecule has 0 N–H and O–H groups in total. The number of rotatable bonds is 4. The summed E-state index contributed by atoms with van der Waals surface area (Å²) in [7, 11) is -2.31. The van der Waals surface area contributed by atoms with Crippen LogP contribution in [0.3, 0.4) is 0 Å². The number of alkyl halides is 2. The molecule has 0 aliphatic heterocycles. The minimum atomic E-state index is -2.06. The maximum absolute atomic E-state index is 9.68. The predicted molar refractivity (Wildman–Crippen MR) is 34.6 cm³/mol. The summed E-state index contributed by atoms with van der Waals surface area (Å²) in [5, 5.41) is 0. The molecular formula is CH2Cl2O4P2+2. The average molecular weight is 211 g/mol. The standard InChI is InChI=1S/CH2Cl2O4P2/c2-1(3,6-8-4)7-9-5/h8-9H/q+2.